The lowest BCUT2D eigenvalue weighted by molar-refractivity contribution is 0.398. The molecule has 0 amide bonds. The van der Waals surface area contributed by atoms with Crippen LogP contribution in [-0.2, 0) is 0 Å². The van der Waals surface area contributed by atoms with Crippen LogP contribution in [0.3, 0.4) is 0 Å². The first-order valence-corrected chi connectivity index (χ1v) is 6.51. The fourth-order valence-electron chi connectivity index (χ4n) is 1.89. The summed E-state index contributed by atoms with van der Waals surface area (Å²) in [5.74, 6) is 1.10. The number of methoxy groups -OCH3 is 1. The summed E-state index contributed by atoms with van der Waals surface area (Å²) >= 11 is 0. The van der Waals surface area contributed by atoms with Gasteiger partial charge in [0.2, 0.25) is 11.8 Å². The fraction of sp³-hybridized carbons (Fsp3) is 0.0625. The van der Waals surface area contributed by atoms with Gasteiger partial charge < -0.3 is 10.1 Å². The number of hydrogen-bond acceptors (Lipinski definition) is 5. The average Bonchev–Trinajstić information content (AvgIpc) is 2.57. The van der Waals surface area contributed by atoms with E-state index in [1.165, 1.54) is 0 Å². The highest BCUT2D eigenvalue weighted by atomic mass is 16.5. The first-order chi connectivity index (χ1) is 10.3. The lowest BCUT2D eigenvalue weighted by Gasteiger charge is -2.07. The highest BCUT2D eigenvalue weighted by Crippen LogP contribution is 2.19. The average molecular weight is 278 g/mol. The van der Waals surface area contributed by atoms with E-state index < -0.39 is 0 Å². The van der Waals surface area contributed by atoms with Crippen LogP contribution in [0, 0.1) is 0 Å². The van der Waals surface area contributed by atoms with Crippen molar-refractivity contribution in [1.82, 2.24) is 15.0 Å². The van der Waals surface area contributed by atoms with Gasteiger partial charge in [0.05, 0.1) is 24.7 Å². The molecule has 1 N–H and O–H groups in total. The highest BCUT2D eigenvalue weighted by molar-refractivity contribution is 5.61. The Labute approximate surface area is 122 Å². The molecule has 5 heteroatoms. The van der Waals surface area contributed by atoms with Crippen LogP contribution in [0.1, 0.15) is 0 Å². The van der Waals surface area contributed by atoms with Crippen molar-refractivity contribution >= 4 is 11.6 Å². The Hall–Kier alpha value is -2.95. The minimum Gasteiger partial charge on any atom is -0.481 e. The summed E-state index contributed by atoms with van der Waals surface area (Å²) in [5.41, 5.74) is 2.73. The molecule has 0 aliphatic rings. The van der Waals surface area contributed by atoms with E-state index in [1.54, 1.807) is 25.6 Å². The van der Waals surface area contributed by atoms with Crippen molar-refractivity contribution in [3.63, 3.8) is 0 Å². The molecule has 0 fully saturated rings. The molecular weight excluding hydrogens is 264 g/mol. The number of ether oxygens (including phenoxy) is 1. The second-order valence-corrected chi connectivity index (χ2v) is 4.35. The molecule has 0 saturated heterocycles. The monoisotopic (exact) mass is 278 g/mol. The normalized spacial score (nSPS) is 10.1. The van der Waals surface area contributed by atoms with Gasteiger partial charge in [-0.1, -0.05) is 30.3 Å². The number of aromatic nitrogens is 3. The second-order valence-electron chi connectivity index (χ2n) is 4.35. The fourth-order valence-corrected chi connectivity index (χ4v) is 1.89. The molecule has 0 saturated carbocycles. The van der Waals surface area contributed by atoms with Crippen molar-refractivity contribution in [2.45, 2.75) is 0 Å². The van der Waals surface area contributed by atoms with E-state index in [-0.39, 0.29) is 0 Å². The van der Waals surface area contributed by atoms with Crippen LogP contribution in [0.5, 0.6) is 5.88 Å². The SMILES string of the molecule is COc1ccc(Nc2nccc(-c3ccccc3)n2)cn1. The Morgan fingerprint density at radius 2 is 1.81 bits per heavy atom. The predicted octanol–water partition coefficient (Wildman–Crippen LogP) is 3.29. The summed E-state index contributed by atoms with van der Waals surface area (Å²) in [7, 11) is 1.59. The Morgan fingerprint density at radius 3 is 2.52 bits per heavy atom. The third kappa shape index (κ3) is 3.14. The van der Waals surface area contributed by atoms with Crippen molar-refractivity contribution < 1.29 is 4.74 Å². The van der Waals surface area contributed by atoms with E-state index in [0.717, 1.165) is 16.9 Å². The predicted molar refractivity (Wildman–Crippen MR) is 81.5 cm³/mol. The number of nitrogens with one attached hydrogen (secondary N) is 1. The van der Waals surface area contributed by atoms with Crippen LogP contribution in [0.4, 0.5) is 11.6 Å². The summed E-state index contributed by atoms with van der Waals surface area (Å²) in [4.78, 5) is 12.9. The summed E-state index contributed by atoms with van der Waals surface area (Å²) < 4.78 is 5.03. The lowest BCUT2D eigenvalue weighted by Crippen LogP contribution is -1.98. The molecule has 1 aromatic carbocycles. The van der Waals surface area contributed by atoms with Gasteiger partial charge in [0.15, 0.2) is 0 Å². The molecule has 2 heterocycles. The van der Waals surface area contributed by atoms with Gasteiger partial charge in [-0.25, -0.2) is 15.0 Å². The van der Waals surface area contributed by atoms with E-state index >= 15 is 0 Å². The number of benzene rings is 1. The molecule has 0 aliphatic heterocycles. The first kappa shape index (κ1) is 13.1. The Kier molecular flexibility index (Phi) is 3.73. The van der Waals surface area contributed by atoms with Crippen molar-refractivity contribution in [2.75, 3.05) is 12.4 Å². The topological polar surface area (TPSA) is 59.9 Å². The van der Waals surface area contributed by atoms with E-state index in [4.69, 9.17) is 4.74 Å². The molecular formula is C16H14N4O. The number of rotatable bonds is 4. The summed E-state index contributed by atoms with van der Waals surface area (Å²) in [6, 6.07) is 15.5. The minimum absolute atomic E-state index is 0.531. The van der Waals surface area contributed by atoms with Crippen LogP contribution in [0.2, 0.25) is 0 Å². The summed E-state index contributed by atoms with van der Waals surface area (Å²) in [6.07, 6.45) is 3.41. The quantitative estimate of drug-likeness (QED) is 0.793. The zero-order chi connectivity index (χ0) is 14.5. The maximum absolute atomic E-state index is 5.03. The Morgan fingerprint density at radius 1 is 0.952 bits per heavy atom. The van der Waals surface area contributed by atoms with Gasteiger partial charge in [-0.05, 0) is 12.1 Å². The summed E-state index contributed by atoms with van der Waals surface area (Å²) in [6.45, 7) is 0. The van der Waals surface area contributed by atoms with Crippen molar-refractivity contribution in [2.24, 2.45) is 0 Å². The largest absolute Gasteiger partial charge is 0.481 e. The van der Waals surface area contributed by atoms with Gasteiger partial charge in [0, 0.05) is 17.8 Å². The van der Waals surface area contributed by atoms with Crippen LogP contribution < -0.4 is 10.1 Å². The van der Waals surface area contributed by atoms with Crippen LogP contribution in [0.15, 0.2) is 60.9 Å². The molecule has 3 aromatic rings. The number of nitrogens with zero attached hydrogens (tertiary/aromatic N) is 3. The number of hydrogen-bond donors (Lipinski definition) is 1. The van der Waals surface area contributed by atoms with Crippen LogP contribution >= 0.6 is 0 Å². The minimum atomic E-state index is 0.531. The Bertz CT molecular complexity index is 714. The van der Waals surface area contributed by atoms with Gasteiger partial charge in [-0.2, -0.15) is 0 Å². The molecule has 0 bridgehead atoms. The van der Waals surface area contributed by atoms with Crippen LogP contribution in [0.25, 0.3) is 11.3 Å². The molecule has 0 aliphatic carbocycles. The molecule has 5 nitrogen and oxygen atoms in total. The smallest absolute Gasteiger partial charge is 0.227 e. The van der Waals surface area contributed by atoms with E-state index in [9.17, 15) is 0 Å². The van der Waals surface area contributed by atoms with Crippen molar-refractivity contribution in [3.05, 3.63) is 60.9 Å². The number of anilines is 2. The molecule has 104 valence electrons. The standard InChI is InChI=1S/C16H14N4O/c1-21-15-8-7-13(11-18-15)19-16-17-10-9-14(20-16)12-5-3-2-4-6-12/h2-11H,1H3,(H,17,19,20). The number of pyridine rings is 1. The van der Waals surface area contributed by atoms with Gasteiger partial charge in [-0.15, -0.1) is 0 Å². The molecule has 0 unspecified atom stereocenters. The molecule has 2 aromatic heterocycles. The molecule has 0 spiro atoms. The highest BCUT2D eigenvalue weighted by Gasteiger charge is 2.03. The zero-order valence-corrected chi connectivity index (χ0v) is 11.5. The molecule has 0 atom stereocenters. The maximum atomic E-state index is 5.03. The van der Waals surface area contributed by atoms with E-state index in [1.807, 2.05) is 42.5 Å². The van der Waals surface area contributed by atoms with Gasteiger partial charge in [0.25, 0.3) is 0 Å². The van der Waals surface area contributed by atoms with Gasteiger partial charge in [0.1, 0.15) is 0 Å². The molecule has 0 radical (unpaired) electrons. The van der Waals surface area contributed by atoms with E-state index in [0.29, 0.717) is 11.8 Å². The maximum Gasteiger partial charge on any atom is 0.227 e. The summed E-state index contributed by atoms with van der Waals surface area (Å²) in [5, 5.41) is 3.13. The van der Waals surface area contributed by atoms with Crippen molar-refractivity contribution in [1.29, 1.82) is 0 Å². The van der Waals surface area contributed by atoms with E-state index in [2.05, 4.69) is 20.3 Å². The Balaban J connectivity index is 1.83. The zero-order valence-electron chi connectivity index (χ0n) is 11.5. The lowest BCUT2D eigenvalue weighted by atomic mass is 10.1. The third-order valence-corrected chi connectivity index (χ3v) is 2.93. The molecule has 21 heavy (non-hydrogen) atoms. The first-order valence-electron chi connectivity index (χ1n) is 6.51. The molecule has 3 rings (SSSR count). The van der Waals surface area contributed by atoms with Crippen LogP contribution in [-0.4, -0.2) is 22.1 Å². The van der Waals surface area contributed by atoms with Gasteiger partial charge in [-0.3, -0.25) is 0 Å². The second kappa shape index (κ2) is 6.00. The van der Waals surface area contributed by atoms with Gasteiger partial charge >= 0.3 is 0 Å². The van der Waals surface area contributed by atoms with Crippen molar-refractivity contribution in [3.8, 4) is 17.1 Å². The third-order valence-electron chi connectivity index (χ3n) is 2.93.